The molecule has 0 aliphatic rings. The molecular formula is C24H50O4S. The lowest BCUT2D eigenvalue weighted by Gasteiger charge is -2.24. The Morgan fingerprint density at radius 3 is 1.10 bits per heavy atom. The summed E-state index contributed by atoms with van der Waals surface area (Å²) in [5.41, 5.74) is 0. The van der Waals surface area contributed by atoms with Gasteiger partial charge in [0.1, 0.15) is 0 Å². The molecule has 29 heavy (non-hydrogen) atoms. The van der Waals surface area contributed by atoms with Crippen molar-refractivity contribution < 1.29 is 18.1 Å². The zero-order valence-corrected chi connectivity index (χ0v) is 20.3. The molecule has 0 aliphatic heterocycles. The van der Waals surface area contributed by atoms with Gasteiger partial charge in [0.25, 0.3) is 10.1 Å². The summed E-state index contributed by atoms with van der Waals surface area (Å²) in [4.78, 5) is -1.95. The van der Waals surface area contributed by atoms with Gasteiger partial charge in [-0.15, -0.1) is 0 Å². The van der Waals surface area contributed by atoms with Crippen LogP contribution in [0.15, 0.2) is 0 Å². The van der Waals surface area contributed by atoms with Crippen molar-refractivity contribution in [2.45, 2.75) is 154 Å². The first-order chi connectivity index (χ1) is 13.9. The predicted octanol–water partition coefficient (Wildman–Crippen LogP) is 7.79. The molecule has 1 unspecified atom stereocenters. The molecule has 0 radical (unpaired) electrons. The van der Waals surface area contributed by atoms with Crippen molar-refractivity contribution in [2.75, 3.05) is 0 Å². The Bertz CT molecular complexity index is 450. The molecule has 5 heteroatoms. The van der Waals surface area contributed by atoms with Crippen LogP contribution in [0.3, 0.4) is 0 Å². The second kappa shape index (κ2) is 18.6. The summed E-state index contributed by atoms with van der Waals surface area (Å²) in [6.45, 7) is 4.21. The summed E-state index contributed by atoms with van der Waals surface area (Å²) in [5, 5.41) is 10.3. The zero-order valence-electron chi connectivity index (χ0n) is 19.5. The Balaban J connectivity index is 3.46. The second-order valence-electron chi connectivity index (χ2n) is 8.93. The smallest absolute Gasteiger partial charge is 0.294 e. The van der Waals surface area contributed by atoms with Gasteiger partial charge in [-0.1, -0.05) is 123 Å². The van der Waals surface area contributed by atoms with Crippen LogP contribution >= 0.6 is 0 Å². The predicted molar refractivity (Wildman–Crippen MR) is 125 cm³/mol. The molecule has 1 atom stereocenters. The summed E-state index contributed by atoms with van der Waals surface area (Å²) in [6.07, 6.45) is 23.3. The Hall–Kier alpha value is -0.130. The van der Waals surface area contributed by atoms with Crippen LogP contribution in [-0.4, -0.2) is 23.0 Å². The SMILES string of the molecule is CCCCCCCCCCCCCCCCCCCC(O)(CCCC)S(=O)(=O)O. The highest BCUT2D eigenvalue weighted by Gasteiger charge is 2.39. The van der Waals surface area contributed by atoms with E-state index >= 15 is 0 Å². The van der Waals surface area contributed by atoms with E-state index in [1.807, 2.05) is 6.92 Å². The minimum Gasteiger partial charge on any atom is -0.372 e. The molecule has 0 aromatic carbocycles. The molecule has 176 valence electrons. The van der Waals surface area contributed by atoms with Gasteiger partial charge in [0, 0.05) is 0 Å². The Kier molecular flexibility index (Phi) is 18.5. The van der Waals surface area contributed by atoms with Crippen molar-refractivity contribution in [3.63, 3.8) is 0 Å². The van der Waals surface area contributed by atoms with Crippen molar-refractivity contribution >= 4 is 10.1 Å². The van der Waals surface area contributed by atoms with E-state index in [1.54, 1.807) is 0 Å². The zero-order chi connectivity index (χ0) is 21.8. The fourth-order valence-electron chi connectivity index (χ4n) is 3.96. The largest absolute Gasteiger partial charge is 0.372 e. The Morgan fingerprint density at radius 2 is 0.793 bits per heavy atom. The van der Waals surface area contributed by atoms with Gasteiger partial charge >= 0.3 is 0 Å². The molecule has 0 rings (SSSR count). The molecule has 2 N–H and O–H groups in total. The molecule has 0 saturated heterocycles. The minimum atomic E-state index is -4.40. The van der Waals surface area contributed by atoms with Crippen LogP contribution in [0.1, 0.15) is 149 Å². The summed E-state index contributed by atoms with van der Waals surface area (Å²) in [6, 6.07) is 0. The highest BCUT2D eigenvalue weighted by Crippen LogP contribution is 2.27. The van der Waals surface area contributed by atoms with Crippen LogP contribution in [0.5, 0.6) is 0 Å². The van der Waals surface area contributed by atoms with Gasteiger partial charge < -0.3 is 5.11 Å². The van der Waals surface area contributed by atoms with Crippen LogP contribution in [0, 0.1) is 0 Å². The molecular weight excluding hydrogens is 384 g/mol. The fourth-order valence-corrected chi connectivity index (χ4v) is 4.77. The first kappa shape index (κ1) is 28.9. The van der Waals surface area contributed by atoms with Crippen LogP contribution in [-0.2, 0) is 10.1 Å². The maximum Gasteiger partial charge on any atom is 0.294 e. The van der Waals surface area contributed by atoms with Crippen molar-refractivity contribution in [1.82, 2.24) is 0 Å². The lowest BCUT2D eigenvalue weighted by Crippen LogP contribution is -2.38. The van der Waals surface area contributed by atoms with Gasteiger partial charge in [-0.05, 0) is 25.7 Å². The third-order valence-electron chi connectivity index (χ3n) is 6.07. The molecule has 4 nitrogen and oxygen atoms in total. The van der Waals surface area contributed by atoms with E-state index in [4.69, 9.17) is 0 Å². The summed E-state index contributed by atoms with van der Waals surface area (Å²) in [5.74, 6) is 0. The van der Waals surface area contributed by atoms with Crippen LogP contribution < -0.4 is 0 Å². The van der Waals surface area contributed by atoms with Gasteiger partial charge in [0.05, 0.1) is 0 Å². The van der Waals surface area contributed by atoms with Gasteiger partial charge in [-0.25, -0.2) is 0 Å². The van der Waals surface area contributed by atoms with Crippen molar-refractivity contribution in [2.24, 2.45) is 0 Å². The minimum absolute atomic E-state index is 0.126. The normalized spacial score (nSPS) is 14.2. The molecule has 0 aromatic rings. The summed E-state index contributed by atoms with van der Waals surface area (Å²) < 4.78 is 32.3. The van der Waals surface area contributed by atoms with Gasteiger partial charge in [-0.2, -0.15) is 8.42 Å². The molecule has 0 bridgehead atoms. The highest BCUT2D eigenvalue weighted by molar-refractivity contribution is 7.87. The van der Waals surface area contributed by atoms with E-state index < -0.39 is 15.1 Å². The lowest BCUT2D eigenvalue weighted by molar-refractivity contribution is 0.0890. The van der Waals surface area contributed by atoms with Crippen LogP contribution in [0.25, 0.3) is 0 Å². The maximum atomic E-state index is 11.5. The molecule has 0 heterocycles. The number of rotatable bonds is 22. The third-order valence-corrected chi connectivity index (χ3v) is 7.44. The standard InChI is InChI=1S/C24H50O4S/c1-3-5-7-8-9-10-11-12-13-14-15-16-17-18-19-20-21-23-24(25,22-6-4-2)29(26,27)28/h25H,3-23H2,1-2H3,(H,26,27,28). The fraction of sp³-hybridized carbons (Fsp3) is 1.00. The summed E-state index contributed by atoms with van der Waals surface area (Å²) in [7, 11) is -4.40. The second-order valence-corrected chi connectivity index (χ2v) is 10.6. The topological polar surface area (TPSA) is 74.6 Å². The monoisotopic (exact) mass is 434 g/mol. The first-order valence-electron chi connectivity index (χ1n) is 12.6. The summed E-state index contributed by atoms with van der Waals surface area (Å²) >= 11 is 0. The van der Waals surface area contributed by atoms with Gasteiger partial charge in [0.15, 0.2) is 4.93 Å². The van der Waals surface area contributed by atoms with Crippen molar-refractivity contribution in [3.05, 3.63) is 0 Å². The van der Waals surface area contributed by atoms with Crippen LogP contribution in [0.2, 0.25) is 0 Å². The molecule has 0 aliphatic carbocycles. The molecule has 0 aromatic heterocycles. The van der Waals surface area contributed by atoms with Crippen LogP contribution in [0.4, 0.5) is 0 Å². The molecule has 0 amide bonds. The van der Waals surface area contributed by atoms with Crippen molar-refractivity contribution in [1.29, 1.82) is 0 Å². The first-order valence-corrected chi connectivity index (χ1v) is 14.0. The van der Waals surface area contributed by atoms with E-state index in [-0.39, 0.29) is 12.8 Å². The van der Waals surface area contributed by atoms with Gasteiger partial charge in [-0.3, -0.25) is 4.55 Å². The van der Waals surface area contributed by atoms with Crippen molar-refractivity contribution in [3.8, 4) is 0 Å². The average Bonchev–Trinajstić information content (AvgIpc) is 2.68. The maximum absolute atomic E-state index is 11.5. The highest BCUT2D eigenvalue weighted by atomic mass is 32.2. The number of hydrogen-bond donors (Lipinski definition) is 2. The van der Waals surface area contributed by atoms with E-state index in [1.165, 1.54) is 89.9 Å². The van der Waals surface area contributed by atoms with E-state index in [9.17, 15) is 18.1 Å². The third kappa shape index (κ3) is 16.3. The van der Waals surface area contributed by atoms with E-state index in [0.29, 0.717) is 12.8 Å². The molecule has 0 fully saturated rings. The van der Waals surface area contributed by atoms with Gasteiger partial charge in [0.2, 0.25) is 0 Å². The molecule has 0 spiro atoms. The Labute approximate surface area is 182 Å². The quantitative estimate of drug-likeness (QED) is 0.135. The number of aliphatic hydroxyl groups is 1. The average molecular weight is 435 g/mol. The lowest BCUT2D eigenvalue weighted by atomic mass is 10.0. The van der Waals surface area contributed by atoms with E-state index in [2.05, 4.69) is 6.92 Å². The molecule has 0 saturated carbocycles. The number of unbranched alkanes of at least 4 members (excludes halogenated alkanes) is 17. The van der Waals surface area contributed by atoms with E-state index in [0.717, 1.165) is 19.3 Å². The Morgan fingerprint density at radius 1 is 0.517 bits per heavy atom. The number of hydrogen-bond acceptors (Lipinski definition) is 3.